The Morgan fingerprint density at radius 3 is 2.63 bits per heavy atom. The van der Waals surface area contributed by atoms with E-state index in [2.05, 4.69) is 15.3 Å². The summed E-state index contributed by atoms with van der Waals surface area (Å²) in [6.45, 7) is 2.03. The SMILES string of the molecule is Cc1ccc(Oc2ccc(NC(=O)Cc3ccc4cc[nH]c4c3)nc2)cc1. The maximum atomic E-state index is 12.3. The van der Waals surface area contributed by atoms with E-state index < -0.39 is 0 Å². The molecule has 134 valence electrons. The molecule has 0 fully saturated rings. The van der Waals surface area contributed by atoms with Crippen LogP contribution in [0.4, 0.5) is 5.82 Å². The van der Waals surface area contributed by atoms with Crippen LogP contribution in [0.1, 0.15) is 11.1 Å². The summed E-state index contributed by atoms with van der Waals surface area (Å²) in [6.07, 6.45) is 3.78. The monoisotopic (exact) mass is 357 g/mol. The van der Waals surface area contributed by atoms with Gasteiger partial charge in [-0.05, 0) is 54.3 Å². The number of hydrogen-bond donors (Lipinski definition) is 2. The maximum absolute atomic E-state index is 12.3. The Morgan fingerprint density at radius 2 is 1.85 bits per heavy atom. The highest BCUT2D eigenvalue weighted by atomic mass is 16.5. The van der Waals surface area contributed by atoms with Gasteiger partial charge in [-0.15, -0.1) is 0 Å². The molecule has 5 nitrogen and oxygen atoms in total. The summed E-state index contributed by atoms with van der Waals surface area (Å²) < 4.78 is 5.74. The number of H-pyrrole nitrogens is 1. The van der Waals surface area contributed by atoms with Gasteiger partial charge in [-0.25, -0.2) is 4.98 Å². The van der Waals surface area contributed by atoms with Crippen LogP contribution in [-0.2, 0) is 11.2 Å². The molecule has 2 N–H and O–H groups in total. The summed E-state index contributed by atoms with van der Waals surface area (Å²) in [6, 6.07) is 19.3. The zero-order valence-electron chi connectivity index (χ0n) is 14.9. The van der Waals surface area contributed by atoms with Gasteiger partial charge >= 0.3 is 0 Å². The molecule has 0 aliphatic carbocycles. The topological polar surface area (TPSA) is 67.0 Å². The highest BCUT2D eigenvalue weighted by molar-refractivity contribution is 5.92. The first-order valence-corrected chi connectivity index (χ1v) is 8.72. The average molecular weight is 357 g/mol. The van der Waals surface area contributed by atoms with Crippen LogP contribution in [0.2, 0.25) is 0 Å². The number of carbonyl (C=O) groups is 1. The average Bonchev–Trinajstić information content (AvgIpc) is 3.13. The first-order chi connectivity index (χ1) is 13.2. The summed E-state index contributed by atoms with van der Waals surface area (Å²) in [4.78, 5) is 19.7. The van der Waals surface area contributed by atoms with E-state index in [1.54, 1.807) is 18.3 Å². The molecule has 2 aromatic carbocycles. The summed E-state index contributed by atoms with van der Waals surface area (Å²) in [5.41, 5.74) is 3.15. The number of pyridine rings is 1. The van der Waals surface area contributed by atoms with Crippen molar-refractivity contribution in [3.63, 3.8) is 0 Å². The van der Waals surface area contributed by atoms with E-state index >= 15 is 0 Å². The number of fused-ring (bicyclic) bond motifs is 1. The van der Waals surface area contributed by atoms with E-state index in [4.69, 9.17) is 4.74 Å². The molecule has 2 aromatic heterocycles. The highest BCUT2D eigenvalue weighted by Crippen LogP contribution is 2.22. The van der Waals surface area contributed by atoms with Crippen LogP contribution in [-0.4, -0.2) is 15.9 Å². The first kappa shape index (κ1) is 16.8. The van der Waals surface area contributed by atoms with Crippen molar-refractivity contribution in [1.29, 1.82) is 0 Å². The molecule has 4 rings (SSSR count). The van der Waals surface area contributed by atoms with Gasteiger partial charge in [0, 0.05) is 11.7 Å². The van der Waals surface area contributed by atoms with Gasteiger partial charge in [-0.2, -0.15) is 0 Å². The van der Waals surface area contributed by atoms with E-state index in [1.165, 1.54) is 5.56 Å². The minimum atomic E-state index is -0.111. The summed E-state index contributed by atoms with van der Waals surface area (Å²) in [7, 11) is 0. The van der Waals surface area contributed by atoms with Crippen molar-refractivity contribution in [2.75, 3.05) is 5.32 Å². The Hall–Kier alpha value is -3.60. The van der Waals surface area contributed by atoms with E-state index in [0.29, 0.717) is 11.6 Å². The minimum absolute atomic E-state index is 0.111. The summed E-state index contributed by atoms with van der Waals surface area (Å²) >= 11 is 0. The predicted molar refractivity (Wildman–Crippen MR) is 106 cm³/mol. The van der Waals surface area contributed by atoms with Crippen molar-refractivity contribution in [2.24, 2.45) is 0 Å². The molecule has 0 aliphatic rings. The van der Waals surface area contributed by atoms with Gasteiger partial charge in [-0.3, -0.25) is 4.79 Å². The molecule has 5 heteroatoms. The number of amides is 1. The Bertz CT molecular complexity index is 1070. The molecule has 0 bridgehead atoms. The van der Waals surface area contributed by atoms with Crippen LogP contribution in [0.3, 0.4) is 0 Å². The van der Waals surface area contributed by atoms with Crippen molar-refractivity contribution in [2.45, 2.75) is 13.3 Å². The Morgan fingerprint density at radius 1 is 1.04 bits per heavy atom. The standard InChI is InChI=1S/C22H19N3O2/c1-15-2-6-18(7-3-15)27-19-8-9-21(24-14-19)25-22(26)13-16-4-5-17-10-11-23-20(17)12-16/h2-12,14,23H,13H2,1H3,(H,24,25,26). The number of nitrogens with one attached hydrogen (secondary N) is 2. The van der Waals surface area contributed by atoms with Gasteiger partial charge < -0.3 is 15.0 Å². The van der Waals surface area contributed by atoms with Crippen LogP contribution >= 0.6 is 0 Å². The fraction of sp³-hybridized carbons (Fsp3) is 0.0909. The molecule has 0 spiro atoms. The first-order valence-electron chi connectivity index (χ1n) is 8.72. The van der Waals surface area contributed by atoms with Crippen LogP contribution in [0.25, 0.3) is 10.9 Å². The smallest absolute Gasteiger partial charge is 0.229 e. The number of rotatable bonds is 5. The largest absolute Gasteiger partial charge is 0.456 e. The number of aromatic nitrogens is 2. The predicted octanol–water partition coefficient (Wildman–Crippen LogP) is 4.84. The number of anilines is 1. The number of aryl methyl sites for hydroxylation is 1. The van der Waals surface area contributed by atoms with Gasteiger partial charge in [0.05, 0.1) is 12.6 Å². The van der Waals surface area contributed by atoms with E-state index in [0.717, 1.165) is 22.2 Å². The van der Waals surface area contributed by atoms with Gasteiger partial charge in [0.2, 0.25) is 5.91 Å². The second-order valence-corrected chi connectivity index (χ2v) is 6.42. The fourth-order valence-electron chi connectivity index (χ4n) is 2.83. The Balaban J connectivity index is 1.37. The van der Waals surface area contributed by atoms with Crippen molar-refractivity contribution < 1.29 is 9.53 Å². The second kappa shape index (κ2) is 7.33. The van der Waals surface area contributed by atoms with Gasteiger partial charge in [0.15, 0.2) is 0 Å². The van der Waals surface area contributed by atoms with E-state index in [9.17, 15) is 4.79 Å². The van der Waals surface area contributed by atoms with Crippen LogP contribution in [0, 0.1) is 6.92 Å². The number of ether oxygens (including phenoxy) is 1. The number of benzene rings is 2. The molecule has 0 atom stereocenters. The summed E-state index contributed by atoms with van der Waals surface area (Å²) in [5, 5.41) is 3.94. The zero-order valence-corrected chi connectivity index (χ0v) is 14.9. The number of carbonyl (C=O) groups excluding carboxylic acids is 1. The highest BCUT2D eigenvalue weighted by Gasteiger charge is 2.07. The molecule has 4 aromatic rings. The zero-order chi connectivity index (χ0) is 18.6. The number of hydrogen-bond acceptors (Lipinski definition) is 3. The molecular weight excluding hydrogens is 338 g/mol. The van der Waals surface area contributed by atoms with Gasteiger partial charge in [0.25, 0.3) is 0 Å². The molecule has 0 unspecified atom stereocenters. The molecule has 0 saturated carbocycles. The lowest BCUT2D eigenvalue weighted by molar-refractivity contribution is -0.115. The van der Waals surface area contributed by atoms with Crippen LogP contribution < -0.4 is 10.1 Å². The fourth-order valence-corrected chi connectivity index (χ4v) is 2.83. The Labute approximate surface area is 157 Å². The third-order valence-electron chi connectivity index (χ3n) is 4.24. The molecule has 0 saturated heterocycles. The van der Waals surface area contributed by atoms with E-state index in [-0.39, 0.29) is 12.3 Å². The lowest BCUT2D eigenvalue weighted by Crippen LogP contribution is -2.15. The van der Waals surface area contributed by atoms with E-state index in [1.807, 2.05) is 61.7 Å². The molecule has 27 heavy (non-hydrogen) atoms. The minimum Gasteiger partial charge on any atom is -0.456 e. The third kappa shape index (κ3) is 4.15. The van der Waals surface area contributed by atoms with Crippen molar-refractivity contribution in [3.05, 3.63) is 84.2 Å². The molecule has 0 aliphatic heterocycles. The number of aromatic amines is 1. The van der Waals surface area contributed by atoms with Crippen molar-refractivity contribution in [3.8, 4) is 11.5 Å². The van der Waals surface area contributed by atoms with Gasteiger partial charge in [-0.1, -0.05) is 29.8 Å². The molecule has 2 heterocycles. The normalized spacial score (nSPS) is 10.7. The van der Waals surface area contributed by atoms with Gasteiger partial charge in [0.1, 0.15) is 17.3 Å². The van der Waals surface area contributed by atoms with Crippen molar-refractivity contribution >= 4 is 22.6 Å². The third-order valence-corrected chi connectivity index (χ3v) is 4.24. The second-order valence-electron chi connectivity index (χ2n) is 6.42. The molecular formula is C22H19N3O2. The van der Waals surface area contributed by atoms with Crippen molar-refractivity contribution in [1.82, 2.24) is 9.97 Å². The molecule has 0 radical (unpaired) electrons. The number of nitrogens with zero attached hydrogens (tertiary/aromatic N) is 1. The summed E-state index contributed by atoms with van der Waals surface area (Å²) in [5.74, 6) is 1.76. The lowest BCUT2D eigenvalue weighted by atomic mass is 10.1. The lowest BCUT2D eigenvalue weighted by Gasteiger charge is -2.08. The molecule has 1 amide bonds. The van der Waals surface area contributed by atoms with Crippen LogP contribution in [0.15, 0.2) is 73.1 Å². The maximum Gasteiger partial charge on any atom is 0.229 e. The van der Waals surface area contributed by atoms with Crippen LogP contribution in [0.5, 0.6) is 11.5 Å². The quantitative estimate of drug-likeness (QED) is 0.537. The Kier molecular flexibility index (Phi) is 4.58.